The highest BCUT2D eigenvalue weighted by Crippen LogP contribution is 2.17. The van der Waals surface area contributed by atoms with Gasteiger partial charge in [-0.3, -0.25) is 0 Å². The van der Waals surface area contributed by atoms with Gasteiger partial charge in [0.05, 0.1) is 12.2 Å². The molecule has 0 aromatic rings. The van der Waals surface area contributed by atoms with Crippen LogP contribution < -0.4 is 5.32 Å². The molecule has 1 saturated heterocycles. The molecule has 1 heterocycles. The molecule has 1 N–H and O–H groups in total. The van der Waals surface area contributed by atoms with Crippen LogP contribution in [0.2, 0.25) is 0 Å². The van der Waals surface area contributed by atoms with Crippen LogP contribution in [0.3, 0.4) is 0 Å². The Morgan fingerprint density at radius 2 is 2.36 bits per heavy atom. The summed E-state index contributed by atoms with van der Waals surface area (Å²) in [5.41, 5.74) is 0. The maximum atomic E-state index is 11.6. The summed E-state index contributed by atoms with van der Waals surface area (Å²) in [4.78, 5) is 0. The number of nitrogens with one attached hydrogen (secondary N) is 1. The van der Waals surface area contributed by atoms with Gasteiger partial charge in [0.15, 0.2) is 0 Å². The van der Waals surface area contributed by atoms with Crippen LogP contribution in [0.4, 0.5) is 4.39 Å². The molecule has 1 rings (SSSR count). The van der Waals surface area contributed by atoms with Crippen molar-refractivity contribution >= 4 is 0 Å². The summed E-state index contributed by atoms with van der Waals surface area (Å²) in [6.07, 6.45) is 2.96. The van der Waals surface area contributed by atoms with Crippen LogP contribution in [0.1, 0.15) is 19.8 Å². The van der Waals surface area contributed by atoms with Crippen molar-refractivity contribution in [1.29, 1.82) is 0 Å². The summed E-state index contributed by atoms with van der Waals surface area (Å²) in [5, 5.41) is 3.00. The quantitative estimate of drug-likeness (QED) is 0.624. The normalized spacial score (nSPS) is 31.1. The van der Waals surface area contributed by atoms with Crippen molar-refractivity contribution in [2.45, 2.75) is 32.0 Å². The van der Waals surface area contributed by atoms with E-state index < -0.39 is 0 Å². The number of rotatable bonds is 4. The van der Waals surface area contributed by atoms with E-state index in [1.165, 1.54) is 0 Å². The number of halogens is 1. The number of ether oxygens (including phenoxy) is 1. The smallest absolute Gasteiger partial charge is 0.102 e. The lowest BCUT2D eigenvalue weighted by Crippen LogP contribution is -2.28. The zero-order chi connectivity index (χ0) is 8.10. The molecule has 0 bridgehead atoms. The van der Waals surface area contributed by atoms with Gasteiger partial charge in [-0.05, 0) is 19.8 Å². The van der Waals surface area contributed by atoms with Gasteiger partial charge < -0.3 is 10.1 Å². The fourth-order valence-electron chi connectivity index (χ4n) is 1.37. The van der Waals surface area contributed by atoms with Crippen LogP contribution in [0.5, 0.6) is 0 Å². The van der Waals surface area contributed by atoms with Gasteiger partial charge in [0.1, 0.15) is 6.67 Å². The van der Waals surface area contributed by atoms with Gasteiger partial charge in [-0.2, -0.15) is 0 Å². The van der Waals surface area contributed by atoms with Crippen LogP contribution >= 0.6 is 0 Å². The maximum Gasteiger partial charge on any atom is 0.102 e. The standard InChI is InChI=1S/C8H16FNO/c1-7-2-3-8(11-7)6-10-5-4-9/h7-8,10H,2-6H2,1H3. The Hall–Kier alpha value is -0.150. The number of hydrogen-bond donors (Lipinski definition) is 1. The highest BCUT2D eigenvalue weighted by Gasteiger charge is 2.20. The highest BCUT2D eigenvalue weighted by atomic mass is 19.1. The topological polar surface area (TPSA) is 21.3 Å². The third kappa shape index (κ3) is 3.16. The van der Waals surface area contributed by atoms with E-state index >= 15 is 0 Å². The molecule has 2 nitrogen and oxygen atoms in total. The van der Waals surface area contributed by atoms with Crippen molar-refractivity contribution < 1.29 is 9.13 Å². The molecule has 2 atom stereocenters. The molecule has 3 heteroatoms. The van der Waals surface area contributed by atoms with Crippen molar-refractivity contribution in [3.05, 3.63) is 0 Å². The lowest BCUT2D eigenvalue weighted by Gasteiger charge is -2.10. The van der Waals surface area contributed by atoms with E-state index in [2.05, 4.69) is 12.2 Å². The Bertz CT molecular complexity index is 110. The fourth-order valence-corrected chi connectivity index (χ4v) is 1.37. The first-order valence-corrected chi connectivity index (χ1v) is 4.25. The van der Waals surface area contributed by atoms with Crippen LogP contribution in [0.15, 0.2) is 0 Å². The largest absolute Gasteiger partial charge is 0.374 e. The predicted molar refractivity (Wildman–Crippen MR) is 42.4 cm³/mol. The van der Waals surface area contributed by atoms with E-state index in [-0.39, 0.29) is 6.67 Å². The van der Waals surface area contributed by atoms with Crippen molar-refractivity contribution in [3.8, 4) is 0 Å². The van der Waals surface area contributed by atoms with Gasteiger partial charge in [0.2, 0.25) is 0 Å². The van der Waals surface area contributed by atoms with Gasteiger partial charge in [0.25, 0.3) is 0 Å². The van der Waals surface area contributed by atoms with Crippen molar-refractivity contribution in [3.63, 3.8) is 0 Å². The molecule has 11 heavy (non-hydrogen) atoms. The maximum absolute atomic E-state index is 11.6. The van der Waals surface area contributed by atoms with Crippen molar-refractivity contribution in [2.75, 3.05) is 19.8 Å². The molecular formula is C8H16FNO. The average molecular weight is 161 g/mol. The Morgan fingerprint density at radius 3 is 2.91 bits per heavy atom. The van der Waals surface area contributed by atoms with Crippen molar-refractivity contribution in [2.24, 2.45) is 0 Å². The lowest BCUT2D eigenvalue weighted by molar-refractivity contribution is 0.0560. The predicted octanol–water partition coefficient (Wildman–Crippen LogP) is 1.11. The van der Waals surface area contributed by atoms with E-state index in [1.54, 1.807) is 0 Å². The zero-order valence-corrected chi connectivity index (χ0v) is 6.98. The Balaban J connectivity index is 1.99. The minimum atomic E-state index is -0.289. The van der Waals surface area contributed by atoms with Crippen LogP contribution in [-0.4, -0.2) is 32.0 Å². The van der Waals surface area contributed by atoms with Gasteiger partial charge in [-0.25, -0.2) is 4.39 Å². The third-order valence-corrected chi connectivity index (χ3v) is 1.96. The first kappa shape index (κ1) is 8.94. The fraction of sp³-hybridized carbons (Fsp3) is 1.00. The summed E-state index contributed by atoms with van der Waals surface area (Å²) in [6.45, 7) is 3.04. The van der Waals surface area contributed by atoms with Crippen LogP contribution in [0.25, 0.3) is 0 Å². The lowest BCUT2D eigenvalue weighted by atomic mass is 10.2. The summed E-state index contributed by atoms with van der Waals surface area (Å²) >= 11 is 0. The van der Waals surface area contributed by atoms with Gasteiger partial charge >= 0.3 is 0 Å². The molecule has 0 radical (unpaired) electrons. The van der Waals surface area contributed by atoms with Crippen LogP contribution in [-0.2, 0) is 4.74 Å². The summed E-state index contributed by atoms with van der Waals surface area (Å²) in [6, 6.07) is 0. The molecule has 0 aliphatic carbocycles. The van der Waals surface area contributed by atoms with E-state index in [0.29, 0.717) is 18.8 Å². The van der Waals surface area contributed by atoms with E-state index in [9.17, 15) is 4.39 Å². The monoisotopic (exact) mass is 161 g/mol. The Labute approximate surface area is 67.1 Å². The van der Waals surface area contributed by atoms with E-state index in [0.717, 1.165) is 19.4 Å². The summed E-state index contributed by atoms with van der Waals surface area (Å²) in [5.74, 6) is 0. The van der Waals surface area contributed by atoms with E-state index in [1.807, 2.05) is 0 Å². The minimum Gasteiger partial charge on any atom is -0.374 e. The average Bonchev–Trinajstić information content (AvgIpc) is 2.37. The molecule has 0 saturated carbocycles. The molecule has 2 unspecified atom stereocenters. The minimum absolute atomic E-state index is 0.289. The molecule has 66 valence electrons. The second-order valence-electron chi connectivity index (χ2n) is 3.04. The molecule has 1 fully saturated rings. The molecule has 1 aliphatic rings. The van der Waals surface area contributed by atoms with Crippen LogP contribution in [0, 0.1) is 0 Å². The molecule has 0 aromatic carbocycles. The van der Waals surface area contributed by atoms with Gasteiger partial charge in [-0.15, -0.1) is 0 Å². The molecule has 0 spiro atoms. The first-order valence-electron chi connectivity index (χ1n) is 4.25. The second kappa shape index (κ2) is 4.67. The van der Waals surface area contributed by atoms with E-state index in [4.69, 9.17) is 4.74 Å². The highest BCUT2D eigenvalue weighted by molar-refractivity contribution is 4.72. The molecule has 1 aliphatic heterocycles. The Morgan fingerprint density at radius 1 is 1.55 bits per heavy atom. The van der Waals surface area contributed by atoms with Gasteiger partial charge in [0, 0.05) is 13.1 Å². The Kier molecular flexibility index (Phi) is 3.80. The summed E-state index contributed by atoms with van der Waals surface area (Å²) < 4.78 is 17.2. The summed E-state index contributed by atoms with van der Waals surface area (Å²) in [7, 11) is 0. The first-order chi connectivity index (χ1) is 5.33. The van der Waals surface area contributed by atoms with Crippen molar-refractivity contribution in [1.82, 2.24) is 5.32 Å². The second-order valence-corrected chi connectivity index (χ2v) is 3.04. The van der Waals surface area contributed by atoms with Gasteiger partial charge in [-0.1, -0.05) is 0 Å². The molecular weight excluding hydrogens is 145 g/mol. The number of alkyl halides is 1. The molecule has 0 amide bonds. The molecule has 0 aromatic heterocycles. The zero-order valence-electron chi connectivity index (χ0n) is 6.98. The number of hydrogen-bond acceptors (Lipinski definition) is 2. The third-order valence-electron chi connectivity index (χ3n) is 1.96. The SMILES string of the molecule is CC1CCC(CNCCF)O1.